The van der Waals surface area contributed by atoms with Gasteiger partial charge in [-0.05, 0) is 96.3 Å². The lowest BCUT2D eigenvalue weighted by molar-refractivity contribution is -0.167. The van der Waals surface area contributed by atoms with Crippen molar-refractivity contribution in [2.24, 2.45) is 0 Å². The summed E-state index contributed by atoms with van der Waals surface area (Å²) in [4.78, 5) is 38.3. The molecule has 0 saturated carbocycles. The van der Waals surface area contributed by atoms with Crippen LogP contribution in [0.4, 0.5) is 0 Å². The molecule has 0 radical (unpaired) electrons. The second-order valence-electron chi connectivity index (χ2n) is 22.4. The lowest BCUT2D eigenvalue weighted by Crippen LogP contribution is -2.30. The molecule has 0 bridgehead atoms. The molecule has 0 spiro atoms. The third kappa shape index (κ3) is 63.4. The normalized spacial score (nSPS) is 12.6. The van der Waals surface area contributed by atoms with Gasteiger partial charge in [0, 0.05) is 19.3 Å². The third-order valence-corrected chi connectivity index (χ3v) is 14.6. The Bertz CT molecular complexity index is 1480. The fourth-order valence-electron chi connectivity index (χ4n) is 9.62. The molecule has 1 unspecified atom stereocenters. The van der Waals surface area contributed by atoms with E-state index < -0.39 is 6.10 Å². The SMILES string of the molecule is CC/C=C\C/C=C\C/C=C\C/C=C\C/C=C\C/C=C\CCCCCCC(=O)OC(COC(=O)CCCCCCCCCCCCCC)COC(=O)CCCCCCCCCCCCCCC/C=C\CCCCCCCCCC. The van der Waals surface area contributed by atoms with Crippen molar-refractivity contribution in [3.8, 4) is 0 Å². The molecule has 0 aromatic heterocycles. The number of esters is 3. The van der Waals surface area contributed by atoms with Crippen LogP contribution in [0.15, 0.2) is 85.1 Å². The van der Waals surface area contributed by atoms with E-state index in [1.54, 1.807) is 0 Å². The highest BCUT2D eigenvalue weighted by Gasteiger charge is 2.19. The Hall–Kier alpha value is -3.41. The average molecular weight is 1090 g/mol. The molecule has 0 N–H and O–H groups in total. The van der Waals surface area contributed by atoms with Crippen molar-refractivity contribution in [2.45, 2.75) is 341 Å². The van der Waals surface area contributed by atoms with Gasteiger partial charge < -0.3 is 14.2 Å². The molecule has 0 heterocycles. The van der Waals surface area contributed by atoms with Gasteiger partial charge in [0.2, 0.25) is 0 Å². The zero-order valence-electron chi connectivity index (χ0n) is 51.7. The number of unbranched alkanes of at least 4 members (excludes halogenated alkanes) is 36. The summed E-state index contributed by atoms with van der Waals surface area (Å²) in [5.74, 6) is -0.894. The van der Waals surface area contributed by atoms with Crippen molar-refractivity contribution in [2.75, 3.05) is 13.2 Å². The Morgan fingerprint density at radius 2 is 0.500 bits per heavy atom. The molecule has 0 rings (SSSR count). The Morgan fingerprint density at radius 3 is 0.795 bits per heavy atom. The van der Waals surface area contributed by atoms with E-state index in [1.807, 2.05) is 0 Å². The van der Waals surface area contributed by atoms with E-state index in [4.69, 9.17) is 14.2 Å². The van der Waals surface area contributed by atoms with Gasteiger partial charge in [-0.1, -0.05) is 305 Å². The molecule has 6 nitrogen and oxygen atoms in total. The molecule has 0 aromatic rings. The molecule has 78 heavy (non-hydrogen) atoms. The zero-order valence-corrected chi connectivity index (χ0v) is 51.7. The standard InChI is InChI=1S/C72H126O6/c1-4-7-10-13-16-19-22-25-27-29-31-33-35-36-38-39-41-43-45-47-50-53-56-59-62-65-71(74)77-68-69(67-76-70(73)64-61-58-55-52-49-24-21-18-15-12-9-6-3)78-72(75)66-63-60-57-54-51-48-46-44-42-40-37-34-32-30-28-26-23-20-17-14-11-8-5-2/h8,11,17,20,26,28-29,31-32,34,40,42,46,48,69H,4-7,9-10,12-16,18-19,21-25,27,30,33,35-39,41,43-45,47,49-68H2,1-3H3/b11-8-,20-17-,28-26-,31-29-,34-32-,42-40-,48-46-. The van der Waals surface area contributed by atoms with Crippen molar-refractivity contribution in [1.29, 1.82) is 0 Å². The Morgan fingerprint density at radius 1 is 0.269 bits per heavy atom. The first-order valence-electron chi connectivity index (χ1n) is 33.6. The minimum atomic E-state index is -0.790. The molecule has 0 amide bonds. The Labute approximate surface area is 484 Å². The van der Waals surface area contributed by atoms with Crippen molar-refractivity contribution < 1.29 is 28.6 Å². The number of rotatable bonds is 61. The quantitative estimate of drug-likeness (QED) is 0.0261. The monoisotopic (exact) mass is 1090 g/mol. The van der Waals surface area contributed by atoms with Crippen molar-refractivity contribution in [3.63, 3.8) is 0 Å². The number of allylic oxidation sites excluding steroid dienone is 14. The van der Waals surface area contributed by atoms with Crippen LogP contribution in [0.3, 0.4) is 0 Å². The van der Waals surface area contributed by atoms with Crippen LogP contribution in [-0.2, 0) is 28.6 Å². The lowest BCUT2D eigenvalue weighted by Gasteiger charge is -2.18. The Balaban J connectivity index is 4.32. The summed E-state index contributed by atoms with van der Waals surface area (Å²) in [5, 5.41) is 0. The predicted molar refractivity (Wildman–Crippen MR) is 339 cm³/mol. The summed E-state index contributed by atoms with van der Waals surface area (Å²) in [7, 11) is 0. The van der Waals surface area contributed by atoms with Gasteiger partial charge in [-0.2, -0.15) is 0 Å². The number of hydrogen-bond acceptors (Lipinski definition) is 6. The lowest BCUT2D eigenvalue weighted by atomic mass is 10.0. The summed E-state index contributed by atoms with van der Waals surface area (Å²) >= 11 is 0. The van der Waals surface area contributed by atoms with Gasteiger partial charge in [0.15, 0.2) is 6.10 Å². The fraction of sp³-hybridized carbons (Fsp3) is 0.764. The van der Waals surface area contributed by atoms with Crippen LogP contribution in [0.5, 0.6) is 0 Å². The van der Waals surface area contributed by atoms with Crippen LogP contribution in [0.2, 0.25) is 0 Å². The van der Waals surface area contributed by atoms with E-state index in [-0.39, 0.29) is 31.1 Å². The van der Waals surface area contributed by atoms with Gasteiger partial charge in [-0.25, -0.2) is 0 Å². The number of hydrogen-bond donors (Lipinski definition) is 0. The second kappa shape index (κ2) is 66.1. The first kappa shape index (κ1) is 74.6. The minimum Gasteiger partial charge on any atom is -0.462 e. The third-order valence-electron chi connectivity index (χ3n) is 14.6. The average Bonchev–Trinajstić information content (AvgIpc) is 3.44. The molecule has 0 saturated heterocycles. The van der Waals surface area contributed by atoms with Crippen molar-refractivity contribution >= 4 is 17.9 Å². The Kier molecular flexibility index (Phi) is 63.2. The van der Waals surface area contributed by atoms with Crippen LogP contribution in [0, 0.1) is 0 Å². The predicted octanol–water partition coefficient (Wildman–Crippen LogP) is 23.1. The van der Waals surface area contributed by atoms with Crippen LogP contribution in [-0.4, -0.2) is 37.2 Å². The molecule has 6 heteroatoms. The summed E-state index contributed by atoms with van der Waals surface area (Å²) in [6.07, 6.45) is 87.4. The van der Waals surface area contributed by atoms with Gasteiger partial charge in [-0.3, -0.25) is 14.4 Å². The van der Waals surface area contributed by atoms with Gasteiger partial charge in [-0.15, -0.1) is 0 Å². The topological polar surface area (TPSA) is 78.9 Å². The van der Waals surface area contributed by atoms with E-state index in [0.717, 1.165) is 109 Å². The van der Waals surface area contributed by atoms with E-state index in [1.165, 1.54) is 186 Å². The van der Waals surface area contributed by atoms with Crippen LogP contribution < -0.4 is 0 Å². The number of carbonyl (C=O) groups excluding carboxylic acids is 3. The van der Waals surface area contributed by atoms with Gasteiger partial charge in [0.05, 0.1) is 0 Å². The molecule has 0 aromatic carbocycles. The zero-order chi connectivity index (χ0) is 56.4. The maximum Gasteiger partial charge on any atom is 0.306 e. The summed E-state index contributed by atoms with van der Waals surface area (Å²) in [6, 6.07) is 0. The minimum absolute atomic E-state index is 0.0839. The molecule has 0 aliphatic rings. The first-order valence-corrected chi connectivity index (χ1v) is 33.6. The highest BCUT2D eigenvalue weighted by Crippen LogP contribution is 2.17. The second-order valence-corrected chi connectivity index (χ2v) is 22.4. The maximum atomic E-state index is 12.9. The molecule has 0 fully saturated rings. The highest BCUT2D eigenvalue weighted by atomic mass is 16.6. The van der Waals surface area contributed by atoms with E-state index in [9.17, 15) is 14.4 Å². The smallest absolute Gasteiger partial charge is 0.306 e. The molecule has 450 valence electrons. The van der Waals surface area contributed by atoms with Crippen LogP contribution in [0.1, 0.15) is 335 Å². The molecule has 0 aliphatic heterocycles. The maximum absolute atomic E-state index is 12.9. The van der Waals surface area contributed by atoms with E-state index in [2.05, 4.69) is 106 Å². The summed E-state index contributed by atoms with van der Waals surface area (Å²) in [5.41, 5.74) is 0. The molecular weight excluding hydrogens is 961 g/mol. The number of carbonyl (C=O) groups is 3. The van der Waals surface area contributed by atoms with Crippen LogP contribution in [0.25, 0.3) is 0 Å². The van der Waals surface area contributed by atoms with Crippen molar-refractivity contribution in [3.05, 3.63) is 85.1 Å². The summed E-state index contributed by atoms with van der Waals surface area (Å²) < 4.78 is 16.9. The molecule has 1 atom stereocenters. The van der Waals surface area contributed by atoms with Gasteiger partial charge in [0.25, 0.3) is 0 Å². The summed E-state index contributed by atoms with van der Waals surface area (Å²) in [6.45, 7) is 6.54. The first-order chi connectivity index (χ1) is 38.5. The highest BCUT2D eigenvalue weighted by molar-refractivity contribution is 5.71. The fourth-order valence-corrected chi connectivity index (χ4v) is 9.62. The van der Waals surface area contributed by atoms with Gasteiger partial charge >= 0.3 is 17.9 Å². The van der Waals surface area contributed by atoms with Gasteiger partial charge in [0.1, 0.15) is 13.2 Å². The number of ether oxygens (including phenoxy) is 3. The molecular formula is C72H126O6. The van der Waals surface area contributed by atoms with Crippen LogP contribution >= 0.6 is 0 Å². The van der Waals surface area contributed by atoms with Crippen molar-refractivity contribution in [1.82, 2.24) is 0 Å². The largest absolute Gasteiger partial charge is 0.462 e. The van der Waals surface area contributed by atoms with E-state index in [0.29, 0.717) is 19.3 Å². The van der Waals surface area contributed by atoms with E-state index >= 15 is 0 Å². The molecule has 0 aliphatic carbocycles.